The van der Waals surface area contributed by atoms with Crippen molar-refractivity contribution in [3.63, 3.8) is 0 Å². The van der Waals surface area contributed by atoms with E-state index in [4.69, 9.17) is 0 Å². The Labute approximate surface area is 110 Å². The fourth-order valence-corrected chi connectivity index (χ4v) is 1.34. The van der Waals surface area contributed by atoms with Gasteiger partial charge in [-0.1, -0.05) is 48.5 Å². The zero-order valence-corrected chi connectivity index (χ0v) is 10.5. The van der Waals surface area contributed by atoms with Gasteiger partial charge in [-0.15, -0.1) is 0 Å². The van der Waals surface area contributed by atoms with Gasteiger partial charge in [0.2, 0.25) is 5.78 Å². The van der Waals surface area contributed by atoms with Crippen molar-refractivity contribution in [2.45, 2.75) is 4.90 Å². The Kier molecular flexibility index (Phi) is 5.67. The molecule has 2 rings (SSSR count). The molecule has 0 N–H and O–H groups in total. The Hall–Kier alpha value is -2.07. The van der Waals surface area contributed by atoms with Gasteiger partial charge in [0, 0.05) is 5.56 Å². The average Bonchev–Trinajstić information content (AvgIpc) is 2.40. The molecule has 0 aliphatic carbocycles. The SMILES string of the molecule is O=C([O-])C(=O)c1ccccc1.[SH2+]c1ccccc1. The molecule has 0 saturated heterocycles. The molecule has 0 saturated carbocycles. The van der Waals surface area contributed by atoms with Crippen LogP contribution in [-0.2, 0) is 17.4 Å². The van der Waals surface area contributed by atoms with Gasteiger partial charge >= 0.3 is 0 Å². The molecule has 0 heterocycles. The first-order valence-corrected chi connectivity index (χ1v) is 5.68. The fourth-order valence-electron chi connectivity index (χ4n) is 1.15. The molecule has 0 atom stereocenters. The molecule has 0 aliphatic rings. The van der Waals surface area contributed by atoms with Gasteiger partial charge in [-0.3, -0.25) is 4.79 Å². The minimum absolute atomic E-state index is 0.146. The molecule has 4 heteroatoms. The second kappa shape index (κ2) is 7.29. The molecule has 2 aromatic carbocycles. The Balaban J connectivity index is 0.000000199. The van der Waals surface area contributed by atoms with Gasteiger partial charge in [0.05, 0.1) is 0 Å². The highest BCUT2D eigenvalue weighted by atomic mass is 32.1. The van der Waals surface area contributed by atoms with Gasteiger partial charge in [0.25, 0.3) is 0 Å². The van der Waals surface area contributed by atoms with Gasteiger partial charge < -0.3 is 9.90 Å². The summed E-state index contributed by atoms with van der Waals surface area (Å²) in [6, 6.07) is 17.7. The molecule has 0 aliphatic heterocycles. The molecule has 0 spiro atoms. The molecule has 0 bridgehead atoms. The lowest BCUT2D eigenvalue weighted by atomic mass is 10.1. The Morgan fingerprint density at radius 1 is 0.833 bits per heavy atom. The molecule has 3 nitrogen and oxygen atoms in total. The van der Waals surface area contributed by atoms with E-state index in [2.05, 4.69) is 12.6 Å². The number of hydrogen-bond acceptors (Lipinski definition) is 3. The monoisotopic (exact) mass is 260 g/mol. The third-order valence-corrected chi connectivity index (χ3v) is 2.33. The number of carbonyl (C=O) groups excluding carboxylic acids is 2. The van der Waals surface area contributed by atoms with Crippen LogP contribution in [0, 0.1) is 0 Å². The first-order valence-electron chi connectivity index (χ1n) is 5.18. The van der Waals surface area contributed by atoms with E-state index in [1.54, 1.807) is 18.2 Å². The number of aliphatic carboxylic acids is 1. The molecular weight excluding hydrogens is 248 g/mol. The van der Waals surface area contributed by atoms with Crippen LogP contribution in [0.3, 0.4) is 0 Å². The number of ketones is 1. The van der Waals surface area contributed by atoms with Crippen LogP contribution in [0.25, 0.3) is 0 Å². The van der Waals surface area contributed by atoms with Crippen molar-refractivity contribution in [1.82, 2.24) is 0 Å². The van der Waals surface area contributed by atoms with Crippen molar-refractivity contribution in [3.8, 4) is 0 Å². The zero-order chi connectivity index (χ0) is 13.4. The number of Topliss-reactive ketones (excluding diaryl/α,β-unsaturated/α-hetero) is 1. The van der Waals surface area contributed by atoms with Crippen molar-refractivity contribution < 1.29 is 14.7 Å². The van der Waals surface area contributed by atoms with Crippen molar-refractivity contribution in [1.29, 1.82) is 0 Å². The second-order valence-corrected chi connectivity index (χ2v) is 3.93. The first-order chi connectivity index (χ1) is 8.61. The normalized spacial score (nSPS) is 8.94. The highest BCUT2D eigenvalue weighted by Gasteiger charge is 2.03. The molecular formula is C14H12O3S. The molecule has 2 aromatic rings. The maximum absolute atomic E-state index is 10.7. The molecule has 92 valence electrons. The third-order valence-electron chi connectivity index (χ3n) is 2.00. The summed E-state index contributed by atoms with van der Waals surface area (Å²) in [5.41, 5.74) is 0.146. The lowest BCUT2D eigenvalue weighted by Gasteiger charge is -1.98. The van der Waals surface area contributed by atoms with Crippen LogP contribution in [0.4, 0.5) is 0 Å². The van der Waals surface area contributed by atoms with Gasteiger partial charge in [0.15, 0.2) is 0 Å². The summed E-state index contributed by atoms with van der Waals surface area (Å²) in [4.78, 5) is 21.8. The van der Waals surface area contributed by atoms with Crippen molar-refractivity contribution in [2.24, 2.45) is 0 Å². The summed E-state index contributed by atoms with van der Waals surface area (Å²) in [5, 5.41) is 10.0. The third kappa shape index (κ3) is 4.84. The zero-order valence-electron chi connectivity index (χ0n) is 9.50. The molecule has 0 unspecified atom stereocenters. The standard InChI is InChI=1S/C8H6O3.C6H6S/c9-7(8(10)11)6-4-2-1-3-5-6;7-6-4-2-1-3-5-6/h1-5H,(H,10,11);1-5,7H. The summed E-state index contributed by atoms with van der Waals surface area (Å²) in [7, 11) is 0. The quantitative estimate of drug-likeness (QED) is 0.453. The lowest BCUT2D eigenvalue weighted by molar-refractivity contribution is -0.296. The van der Waals surface area contributed by atoms with Gasteiger partial charge in [-0.25, -0.2) is 0 Å². The van der Waals surface area contributed by atoms with Crippen LogP contribution in [0.1, 0.15) is 10.4 Å². The number of carboxylic acid groups (broad SMARTS) is 1. The molecule has 0 aromatic heterocycles. The van der Waals surface area contributed by atoms with Crippen LogP contribution >= 0.6 is 0 Å². The number of hydrogen-bond donors (Lipinski definition) is 0. The summed E-state index contributed by atoms with van der Waals surface area (Å²) < 4.78 is 0. The van der Waals surface area contributed by atoms with E-state index in [0.717, 1.165) is 4.90 Å². The summed E-state index contributed by atoms with van der Waals surface area (Å²) in [5.74, 6) is -2.65. The highest BCUT2D eigenvalue weighted by Crippen LogP contribution is 1.98. The Bertz CT molecular complexity index is 509. The van der Waals surface area contributed by atoms with Gasteiger partial charge in [-0.2, -0.15) is 0 Å². The van der Waals surface area contributed by atoms with E-state index in [-0.39, 0.29) is 5.56 Å². The molecule has 0 amide bonds. The summed E-state index contributed by atoms with van der Waals surface area (Å²) in [6.07, 6.45) is 0. The van der Waals surface area contributed by atoms with Gasteiger partial charge in [-0.05, 0) is 24.8 Å². The topological polar surface area (TPSA) is 57.2 Å². The maximum Gasteiger partial charge on any atom is 0.208 e. The Morgan fingerprint density at radius 2 is 1.28 bits per heavy atom. The average molecular weight is 260 g/mol. The molecule has 0 fully saturated rings. The second-order valence-electron chi connectivity index (χ2n) is 3.35. The van der Waals surface area contributed by atoms with E-state index >= 15 is 0 Å². The van der Waals surface area contributed by atoms with Crippen LogP contribution in [-0.4, -0.2) is 11.8 Å². The minimum Gasteiger partial charge on any atom is -0.541 e. The van der Waals surface area contributed by atoms with Crippen molar-refractivity contribution in [2.75, 3.05) is 0 Å². The number of carbonyl (C=O) groups is 2. The van der Waals surface area contributed by atoms with Crippen molar-refractivity contribution in [3.05, 3.63) is 66.2 Å². The number of carboxylic acids is 1. The van der Waals surface area contributed by atoms with Crippen LogP contribution in [0.5, 0.6) is 0 Å². The maximum atomic E-state index is 10.7. The van der Waals surface area contributed by atoms with E-state index in [1.165, 1.54) is 12.1 Å². The number of benzene rings is 2. The predicted octanol–water partition coefficient (Wildman–Crippen LogP) is 0.676. The molecule has 18 heavy (non-hydrogen) atoms. The highest BCUT2D eigenvalue weighted by molar-refractivity contribution is 7.58. The van der Waals surface area contributed by atoms with Gasteiger partial charge in [0.1, 0.15) is 10.9 Å². The predicted molar refractivity (Wildman–Crippen MR) is 70.6 cm³/mol. The lowest BCUT2D eigenvalue weighted by Crippen LogP contribution is -2.31. The Morgan fingerprint density at radius 3 is 1.61 bits per heavy atom. The largest absolute Gasteiger partial charge is 0.541 e. The smallest absolute Gasteiger partial charge is 0.208 e. The molecule has 0 radical (unpaired) electrons. The minimum atomic E-state index is -1.67. The summed E-state index contributed by atoms with van der Waals surface area (Å²) in [6.45, 7) is 0. The number of rotatable bonds is 2. The van der Waals surface area contributed by atoms with E-state index < -0.39 is 11.8 Å². The fraction of sp³-hybridized carbons (Fsp3) is 0. The van der Waals surface area contributed by atoms with E-state index in [0.29, 0.717) is 0 Å². The van der Waals surface area contributed by atoms with Crippen LogP contribution < -0.4 is 5.11 Å². The van der Waals surface area contributed by atoms with Crippen LogP contribution in [0.2, 0.25) is 0 Å². The van der Waals surface area contributed by atoms with Crippen molar-refractivity contribution >= 4 is 24.4 Å². The summed E-state index contributed by atoms with van der Waals surface area (Å²) >= 11 is 3.36. The van der Waals surface area contributed by atoms with E-state index in [9.17, 15) is 14.7 Å². The van der Waals surface area contributed by atoms with Crippen LogP contribution in [0.15, 0.2) is 65.6 Å². The van der Waals surface area contributed by atoms with E-state index in [1.807, 2.05) is 30.3 Å². The first kappa shape index (κ1) is 14.0.